The van der Waals surface area contributed by atoms with E-state index in [2.05, 4.69) is 17.4 Å². The predicted octanol–water partition coefficient (Wildman–Crippen LogP) is 3.84. The molecule has 0 aliphatic carbocycles. The molecule has 2 rings (SSSR count). The zero-order valence-corrected chi connectivity index (χ0v) is 12.5. The molecule has 0 fully saturated rings. The van der Waals surface area contributed by atoms with Gasteiger partial charge >= 0.3 is 0 Å². The Hall–Kier alpha value is -2.35. The maximum atomic E-state index is 12.0. The molecule has 0 bridgehead atoms. The van der Waals surface area contributed by atoms with E-state index >= 15 is 0 Å². The van der Waals surface area contributed by atoms with Crippen LogP contribution in [-0.4, -0.2) is 11.9 Å². The van der Waals surface area contributed by atoms with Crippen LogP contribution in [0.4, 0.5) is 0 Å². The van der Waals surface area contributed by atoms with E-state index in [1.165, 1.54) is 5.56 Å². The van der Waals surface area contributed by atoms with Crippen LogP contribution in [0, 0.1) is 0 Å². The fourth-order valence-corrected chi connectivity index (χ4v) is 2.28. The molecule has 0 unspecified atom stereocenters. The lowest BCUT2D eigenvalue weighted by atomic mass is 10.1. The highest BCUT2D eigenvalue weighted by Gasteiger charge is 2.06. The Morgan fingerprint density at radius 1 is 1.05 bits per heavy atom. The van der Waals surface area contributed by atoms with Crippen molar-refractivity contribution in [2.24, 2.45) is 0 Å². The van der Waals surface area contributed by atoms with Gasteiger partial charge in [-0.2, -0.15) is 0 Å². The molecule has 1 amide bonds. The Labute approximate surface area is 126 Å². The van der Waals surface area contributed by atoms with E-state index in [0.717, 1.165) is 17.6 Å². The number of hydrogen-bond donors (Lipinski definition) is 1. The maximum Gasteiger partial charge on any atom is 0.244 e. The van der Waals surface area contributed by atoms with E-state index in [9.17, 15) is 4.79 Å². The molecule has 2 aromatic carbocycles. The molecule has 0 heterocycles. The standard InChI is InChI=1S/C19H21NO/c1-15(18-11-7-4-8-12-18)13-19(21)20-16(2)14-17-9-5-3-6-10-17/h3-13,16H,14H2,1-2H3,(H,20,21)/b15-13-/t16-/m0/s1. The van der Waals surface area contributed by atoms with Crippen LogP contribution in [0.15, 0.2) is 66.7 Å². The molecule has 0 radical (unpaired) electrons. The van der Waals surface area contributed by atoms with E-state index in [4.69, 9.17) is 0 Å². The molecule has 2 aromatic rings. The van der Waals surface area contributed by atoms with Crippen molar-refractivity contribution in [2.75, 3.05) is 0 Å². The molecule has 0 aliphatic rings. The van der Waals surface area contributed by atoms with Gasteiger partial charge in [0.25, 0.3) is 0 Å². The third-order valence-electron chi connectivity index (χ3n) is 3.35. The topological polar surface area (TPSA) is 29.1 Å². The molecular formula is C19H21NO. The average molecular weight is 279 g/mol. The van der Waals surface area contributed by atoms with E-state index in [-0.39, 0.29) is 11.9 Å². The van der Waals surface area contributed by atoms with Gasteiger partial charge in [0, 0.05) is 12.1 Å². The summed E-state index contributed by atoms with van der Waals surface area (Å²) in [4.78, 5) is 12.0. The lowest BCUT2D eigenvalue weighted by Crippen LogP contribution is -2.32. The van der Waals surface area contributed by atoms with Crippen molar-refractivity contribution in [1.29, 1.82) is 0 Å². The normalized spacial score (nSPS) is 12.8. The second kappa shape index (κ2) is 7.44. The largest absolute Gasteiger partial charge is 0.350 e. The van der Waals surface area contributed by atoms with E-state index < -0.39 is 0 Å². The molecule has 0 saturated heterocycles. The Bertz CT molecular complexity index is 602. The summed E-state index contributed by atoms with van der Waals surface area (Å²) in [6.45, 7) is 3.98. The fraction of sp³-hybridized carbons (Fsp3) is 0.211. The van der Waals surface area contributed by atoms with Crippen molar-refractivity contribution in [3.05, 3.63) is 77.9 Å². The molecule has 0 aromatic heterocycles. The van der Waals surface area contributed by atoms with Crippen molar-refractivity contribution >= 4 is 11.5 Å². The van der Waals surface area contributed by atoms with Crippen LogP contribution < -0.4 is 5.32 Å². The third-order valence-corrected chi connectivity index (χ3v) is 3.35. The van der Waals surface area contributed by atoms with E-state index in [0.29, 0.717) is 0 Å². The van der Waals surface area contributed by atoms with Gasteiger partial charge in [0.05, 0.1) is 0 Å². The number of hydrogen-bond acceptors (Lipinski definition) is 1. The first-order chi connectivity index (χ1) is 10.1. The van der Waals surface area contributed by atoms with Gasteiger partial charge in [0.2, 0.25) is 5.91 Å². The Morgan fingerprint density at radius 3 is 2.24 bits per heavy atom. The first kappa shape index (κ1) is 15.0. The summed E-state index contributed by atoms with van der Waals surface area (Å²) in [5, 5.41) is 3.01. The summed E-state index contributed by atoms with van der Waals surface area (Å²) in [7, 11) is 0. The molecule has 2 nitrogen and oxygen atoms in total. The number of nitrogens with one attached hydrogen (secondary N) is 1. The quantitative estimate of drug-likeness (QED) is 0.828. The number of benzene rings is 2. The van der Waals surface area contributed by atoms with Gasteiger partial charge in [-0.15, -0.1) is 0 Å². The zero-order chi connectivity index (χ0) is 15.1. The Morgan fingerprint density at radius 2 is 1.62 bits per heavy atom. The summed E-state index contributed by atoms with van der Waals surface area (Å²) in [5.74, 6) is -0.0419. The molecule has 1 N–H and O–H groups in total. The number of carbonyl (C=O) groups excluding carboxylic acids is 1. The molecule has 0 spiro atoms. The van der Waals surface area contributed by atoms with Crippen LogP contribution >= 0.6 is 0 Å². The minimum Gasteiger partial charge on any atom is -0.350 e. The van der Waals surface area contributed by atoms with Crippen molar-refractivity contribution in [3.63, 3.8) is 0 Å². The van der Waals surface area contributed by atoms with Crippen LogP contribution in [0.25, 0.3) is 5.57 Å². The number of amides is 1. The number of carbonyl (C=O) groups is 1. The van der Waals surface area contributed by atoms with Gasteiger partial charge in [-0.1, -0.05) is 60.7 Å². The number of allylic oxidation sites excluding steroid dienone is 1. The smallest absolute Gasteiger partial charge is 0.244 e. The minimum atomic E-state index is -0.0419. The van der Waals surface area contributed by atoms with Gasteiger partial charge in [0.1, 0.15) is 0 Å². The van der Waals surface area contributed by atoms with Gasteiger partial charge in [-0.3, -0.25) is 4.79 Å². The SMILES string of the molecule is C/C(=C/C(=O)N[C@@H](C)Cc1ccccc1)c1ccccc1. The second-order valence-corrected chi connectivity index (χ2v) is 5.29. The molecule has 0 saturated carbocycles. The lowest BCUT2D eigenvalue weighted by Gasteiger charge is -2.13. The molecule has 0 aliphatic heterocycles. The maximum absolute atomic E-state index is 12.0. The summed E-state index contributed by atoms with van der Waals surface area (Å²) < 4.78 is 0. The van der Waals surface area contributed by atoms with Crippen molar-refractivity contribution in [2.45, 2.75) is 26.3 Å². The summed E-state index contributed by atoms with van der Waals surface area (Å²) in [6, 6.07) is 20.2. The molecule has 1 atom stereocenters. The van der Waals surface area contributed by atoms with Crippen LogP contribution in [0.3, 0.4) is 0 Å². The van der Waals surface area contributed by atoms with Crippen molar-refractivity contribution < 1.29 is 4.79 Å². The van der Waals surface area contributed by atoms with Crippen LogP contribution in [0.2, 0.25) is 0 Å². The van der Waals surface area contributed by atoms with Gasteiger partial charge < -0.3 is 5.32 Å². The summed E-state index contributed by atoms with van der Waals surface area (Å²) >= 11 is 0. The van der Waals surface area contributed by atoms with Gasteiger partial charge in [0.15, 0.2) is 0 Å². The molecule has 21 heavy (non-hydrogen) atoms. The number of rotatable bonds is 5. The monoisotopic (exact) mass is 279 g/mol. The van der Waals surface area contributed by atoms with Gasteiger partial charge in [-0.05, 0) is 37.0 Å². The minimum absolute atomic E-state index is 0.0419. The predicted molar refractivity (Wildman–Crippen MR) is 87.8 cm³/mol. The van der Waals surface area contributed by atoms with Gasteiger partial charge in [-0.25, -0.2) is 0 Å². The highest BCUT2D eigenvalue weighted by molar-refractivity contribution is 5.94. The lowest BCUT2D eigenvalue weighted by molar-refractivity contribution is -0.117. The molecular weight excluding hydrogens is 258 g/mol. The third kappa shape index (κ3) is 4.92. The van der Waals surface area contributed by atoms with Crippen molar-refractivity contribution in [1.82, 2.24) is 5.32 Å². The Balaban J connectivity index is 1.92. The highest BCUT2D eigenvalue weighted by Crippen LogP contribution is 2.12. The van der Waals surface area contributed by atoms with Crippen molar-refractivity contribution in [3.8, 4) is 0 Å². The average Bonchev–Trinajstić information content (AvgIpc) is 2.48. The van der Waals surface area contributed by atoms with Crippen LogP contribution in [0.1, 0.15) is 25.0 Å². The van der Waals surface area contributed by atoms with Crippen LogP contribution in [-0.2, 0) is 11.2 Å². The molecule has 108 valence electrons. The highest BCUT2D eigenvalue weighted by atomic mass is 16.1. The Kier molecular flexibility index (Phi) is 5.33. The molecule has 2 heteroatoms. The fourth-order valence-electron chi connectivity index (χ4n) is 2.28. The zero-order valence-electron chi connectivity index (χ0n) is 12.5. The van der Waals surface area contributed by atoms with E-state index in [1.807, 2.05) is 62.4 Å². The first-order valence-electron chi connectivity index (χ1n) is 7.23. The van der Waals surface area contributed by atoms with Crippen LogP contribution in [0.5, 0.6) is 0 Å². The summed E-state index contributed by atoms with van der Waals surface area (Å²) in [6.07, 6.45) is 2.50. The first-order valence-corrected chi connectivity index (χ1v) is 7.23. The summed E-state index contributed by atoms with van der Waals surface area (Å²) in [5.41, 5.74) is 3.28. The second-order valence-electron chi connectivity index (χ2n) is 5.29. The van der Waals surface area contributed by atoms with E-state index in [1.54, 1.807) is 6.08 Å².